The lowest BCUT2D eigenvalue weighted by Gasteiger charge is -2.14. The number of rotatable bonds is 6. The number of hydrogen-bond donors (Lipinski definition) is 2. The Bertz CT molecular complexity index is 1000. The molecule has 29 heavy (non-hydrogen) atoms. The molecule has 3 rings (SSSR count). The Morgan fingerprint density at radius 2 is 1.79 bits per heavy atom. The molecule has 152 valence electrons. The largest absolute Gasteiger partial charge is 0.311 e. The zero-order chi connectivity index (χ0) is 21.0. The van der Waals surface area contributed by atoms with E-state index in [1.54, 1.807) is 16.3 Å². The monoisotopic (exact) mass is 411 g/mol. The third-order valence-corrected chi connectivity index (χ3v) is 5.04. The molecule has 2 heterocycles. The number of amides is 2. The lowest BCUT2D eigenvalue weighted by atomic mass is 9.92. The summed E-state index contributed by atoms with van der Waals surface area (Å²) in [6.07, 6.45) is 1.77. The highest BCUT2D eigenvalue weighted by Gasteiger charge is 2.22. The fraction of sp³-hybridized carbons (Fsp3) is 0.333. The lowest BCUT2D eigenvalue weighted by molar-refractivity contribution is -0.121. The minimum Gasteiger partial charge on any atom is -0.311 e. The van der Waals surface area contributed by atoms with E-state index in [9.17, 15) is 9.59 Å². The number of nitrogens with one attached hydrogen (secondary N) is 2. The quantitative estimate of drug-likeness (QED) is 0.633. The van der Waals surface area contributed by atoms with Crippen LogP contribution in [0.15, 0.2) is 41.9 Å². The number of anilines is 2. The molecule has 0 aliphatic carbocycles. The van der Waals surface area contributed by atoms with Crippen LogP contribution < -0.4 is 10.6 Å². The van der Waals surface area contributed by atoms with E-state index in [4.69, 9.17) is 5.10 Å². The number of benzene rings is 1. The van der Waals surface area contributed by atoms with E-state index in [0.29, 0.717) is 10.9 Å². The van der Waals surface area contributed by atoms with Crippen LogP contribution >= 0.6 is 11.3 Å². The Hall–Kier alpha value is -3.00. The number of carbonyl (C=O) groups is 2. The SMILES string of the molecule is Cc1ccccc1-n1nc(C(C)(C)C)cc1NC(=O)CCC(=O)Nc1nccs1. The van der Waals surface area contributed by atoms with Crippen molar-refractivity contribution in [3.8, 4) is 5.69 Å². The first kappa shape index (κ1) is 20.7. The number of hydrogen-bond acceptors (Lipinski definition) is 5. The Labute approximate surface area is 174 Å². The topological polar surface area (TPSA) is 88.9 Å². The van der Waals surface area contributed by atoms with Gasteiger partial charge in [0.05, 0.1) is 11.4 Å². The van der Waals surface area contributed by atoms with Crippen LogP contribution in [0.25, 0.3) is 5.69 Å². The van der Waals surface area contributed by atoms with Gasteiger partial charge in [-0.2, -0.15) is 5.10 Å². The summed E-state index contributed by atoms with van der Waals surface area (Å²) in [5.74, 6) is 0.113. The third kappa shape index (κ3) is 5.29. The molecule has 0 spiro atoms. The van der Waals surface area contributed by atoms with Crippen molar-refractivity contribution in [2.24, 2.45) is 0 Å². The highest BCUT2D eigenvalue weighted by Crippen LogP contribution is 2.27. The van der Waals surface area contributed by atoms with Crippen molar-refractivity contribution >= 4 is 34.1 Å². The molecule has 2 N–H and O–H groups in total. The van der Waals surface area contributed by atoms with Crippen LogP contribution in [0.3, 0.4) is 0 Å². The summed E-state index contributed by atoms with van der Waals surface area (Å²) in [4.78, 5) is 28.5. The van der Waals surface area contributed by atoms with Crippen molar-refractivity contribution in [3.63, 3.8) is 0 Å². The molecular formula is C21H25N5O2S. The van der Waals surface area contributed by atoms with Crippen LogP contribution in [-0.4, -0.2) is 26.6 Å². The summed E-state index contributed by atoms with van der Waals surface area (Å²) >= 11 is 1.34. The summed E-state index contributed by atoms with van der Waals surface area (Å²) in [5, 5.41) is 12.6. The smallest absolute Gasteiger partial charge is 0.226 e. The molecule has 2 aromatic heterocycles. The minimum atomic E-state index is -0.241. The molecule has 0 saturated carbocycles. The predicted octanol–water partition coefficient (Wildman–Crippen LogP) is 4.29. The standard InChI is InChI=1S/C21H25N5O2S/c1-14-7-5-6-8-15(14)26-17(13-16(25-26)21(2,3)4)23-18(27)9-10-19(28)24-20-22-11-12-29-20/h5-8,11-13H,9-10H2,1-4H3,(H,23,27)(H,22,24,28). The Kier molecular flexibility index (Phi) is 6.12. The van der Waals surface area contributed by atoms with E-state index < -0.39 is 0 Å². The van der Waals surface area contributed by atoms with Gasteiger partial charge in [-0.3, -0.25) is 9.59 Å². The van der Waals surface area contributed by atoms with E-state index >= 15 is 0 Å². The van der Waals surface area contributed by atoms with E-state index in [-0.39, 0.29) is 30.1 Å². The van der Waals surface area contributed by atoms with Crippen LogP contribution in [-0.2, 0) is 15.0 Å². The fourth-order valence-electron chi connectivity index (χ4n) is 2.72. The van der Waals surface area contributed by atoms with Gasteiger partial charge in [0.25, 0.3) is 0 Å². The van der Waals surface area contributed by atoms with Crippen LogP contribution in [0.1, 0.15) is 44.9 Å². The molecule has 0 aliphatic rings. The minimum absolute atomic E-state index is 0.0704. The van der Waals surface area contributed by atoms with Gasteiger partial charge in [-0.25, -0.2) is 9.67 Å². The number of aryl methyl sites for hydroxylation is 1. The zero-order valence-corrected chi connectivity index (χ0v) is 17.8. The van der Waals surface area contributed by atoms with Crippen molar-refractivity contribution in [2.75, 3.05) is 10.6 Å². The Balaban J connectivity index is 1.73. The van der Waals surface area contributed by atoms with Crippen molar-refractivity contribution in [3.05, 3.63) is 53.2 Å². The lowest BCUT2D eigenvalue weighted by Crippen LogP contribution is -2.18. The summed E-state index contributed by atoms with van der Waals surface area (Å²) in [6.45, 7) is 8.23. The average molecular weight is 412 g/mol. The molecule has 0 saturated heterocycles. The molecule has 0 bridgehead atoms. The molecule has 0 radical (unpaired) electrons. The van der Waals surface area contributed by atoms with E-state index in [2.05, 4.69) is 36.4 Å². The van der Waals surface area contributed by atoms with Gasteiger partial charge in [-0.05, 0) is 18.6 Å². The van der Waals surface area contributed by atoms with Gasteiger partial charge < -0.3 is 10.6 Å². The first-order valence-electron chi connectivity index (χ1n) is 9.40. The molecule has 8 heteroatoms. The average Bonchev–Trinajstić information content (AvgIpc) is 3.30. The van der Waals surface area contributed by atoms with Gasteiger partial charge in [0.2, 0.25) is 11.8 Å². The van der Waals surface area contributed by atoms with Crippen molar-refractivity contribution in [2.45, 2.75) is 46.0 Å². The molecule has 2 amide bonds. The van der Waals surface area contributed by atoms with Crippen LogP contribution in [0.2, 0.25) is 0 Å². The van der Waals surface area contributed by atoms with Gasteiger partial charge in [0.15, 0.2) is 5.13 Å². The van der Waals surface area contributed by atoms with E-state index in [1.165, 1.54) is 11.3 Å². The van der Waals surface area contributed by atoms with Crippen molar-refractivity contribution < 1.29 is 9.59 Å². The van der Waals surface area contributed by atoms with E-state index in [0.717, 1.165) is 16.9 Å². The van der Waals surface area contributed by atoms with Crippen LogP contribution in [0.5, 0.6) is 0 Å². The van der Waals surface area contributed by atoms with Crippen LogP contribution in [0.4, 0.5) is 10.9 Å². The summed E-state index contributed by atoms with van der Waals surface area (Å²) in [5.41, 5.74) is 2.66. The molecule has 1 aromatic carbocycles. The van der Waals surface area contributed by atoms with Crippen LogP contribution in [0, 0.1) is 6.92 Å². The zero-order valence-electron chi connectivity index (χ0n) is 17.0. The maximum absolute atomic E-state index is 12.5. The highest BCUT2D eigenvalue weighted by atomic mass is 32.1. The highest BCUT2D eigenvalue weighted by molar-refractivity contribution is 7.13. The first-order chi connectivity index (χ1) is 13.7. The molecule has 0 atom stereocenters. The van der Waals surface area contributed by atoms with Gasteiger partial charge in [0, 0.05) is 35.9 Å². The van der Waals surface area contributed by atoms with E-state index in [1.807, 2.05) is 37.3 Å². The number of carbonyl (C=O) groups excluding carboxylic acids is 2. The molecular weight excluding hydrogens is 386 g/mol. The Morgan fingerprint density at radius 1 is 1.10 bits per heavy atom. The predicted molar refractivity (Wildman–Crippen MR) is 116 cm³/mol. The third-order valence-electron chi connectivity index (χ3n) is 4.35. The van der Waals surface area contributed by atoms with Gasteiger partial charge in [-0.1, -0.05) is 39.0 Å². The van der Waals surface area contributed by atoms with Crippen molar-refractivity contribution in [1.29, 1.82) is 0 Å². The fourth-order valence-corrected chi connectivity index (χ4v) is 3.27. The normalized spacial score (nSPS) is 11.3. The second-order valence-corrected chi connectivity index (χ2v) is 8.69. The number of aromatic nitrogens is 3. The summed E-state index contributed by atoms with van der Waals surface area (Å²) < 4.78 is 1.75. The number of thiazole rings is 1. The second-order valence-electron chi connectivity index (χ2n) is 7.80. The van der Waals surface area contributed by atoms with Crippen molar-refractivity contribution in [1.82, 2.24) is 14.8 Å². The summed E-state index contributed by atoms with van der Waals surface area (Å²) in [6, 6.07) is 9.76. The molecule has 0 aliphatic heterocycles. The Morgan fingerprint density at radius 3 is 2.41 bits per heavy atom. The molecule has 7 nitrogen and oxygen atoms in total. The summed E-state index contributed by atoms with van der Waals surface area (Å²) in [7, 11) is 0. The maximum atomic E-state index is 12.5. The molecule has 3 aromatic rings. The molecule has 0 fully saturated rings. The van der Waals surface area contributed by atoms with Gasteiger partial charge in [-0.15, -0.1) is 11.3 Å². The number of para-hydroxylation sites is 1. The van der Waals surface area contributed by atoms with Gasteiger partial charge >= 0.3 is 0 Å². The second kappa shape index (κ2) is 8.57. The molecule has 0 unspecified atom stereocenters. The number of nitrogens with zero attached hydrogens (tertiary/aromatic N) is 3. The maximum Gasteiger partial charge on any atom is 0.226 e. The van der Waals surface area contributed by atoms with Gasteiger partial charge in [0.1, 0.15) is 5.82 Å². The first-order valence-corrected chi connectivity index (χ1v) is 10.3.